The number of hydrogen-bond acceptors (Lipinski definition) is 5. The second kappa shape index (κ2) is 6.69. The number of rotatable bonds is 3. The lowest BCUT2D eigenvalue weighted by molar-refractivity contribution is -0.131. The van der Waals surface area contributed by atoms with Crippen LogP contribution in [0.1, 0.15) is 18.4 Å². The van der Waals surface area contributed by atoms with Crippen molar-refractivity contribution < 1.29 is 13.2 Å². The SMILES string of the molecule is O=C(Cc1ccncc1)N1CCCC1C1Nc2ccccc2S(=O)(=O)N1. The van der Waals surface area contributed by atoms with E-state index in [-0.39, 0.29) is 23.3 Å². The van der Waals surface area contributed by atoms with E-state index >= 15 is 0 Å². The zero-order valence-corrected chi connectivity index (χ0v) is 14.9. The van der Waals surface area contributed by atoms with Crippen LogP contribution in [0.4, 0.5) is 5.69 Å². The number of nitrogens with zero attached hydrogens (tertiary/aromatic N) is 2. The number of likely N-dealkylation sites (tertiary alicyclic amines) is 1. The molecule has 1 saturated heterocycles. The monoisotopic (exact) mass is 372 g/mol. The highest BCUT2D eigenvalue weighted by Crippen LogP contribution is 2.30. The molecular weight excluding hydrogens is 352 g/mol. The van der Waals surface area contributed by atoms with Crippen LogP contribution in [0.15, 0.2) is 53.7 Å². The fourth-order valence-electron chi connectivity index (χ4n) is 3.65. The van der Waals surface area contributed by atoms with Gasteiger partial charge in [0, 0.05) is 18.9 Å². The van der Waals surface area contributed by atoms with Crippen LogP contribution in [-0.4, -0.2) is 43.0 Å². The summed E-state index contributed by atoms with van der Waals surface area (Å²) in [4.78, 5) is 18.8. The second-order valence-electron chi connectivity index (χ2n) is 6.57. The van der Waals surface area contributed by atoms with Gasteiger partial charge in [-0.3, -0.25) is 9.78 Å². The Morgan fingerprint density at radius 3 is 2.77 bits per heavy atom. The molecule has 7 nitrogen and oxygen atoms in total. The summed E-state index contributed by atoms with van der Waals surface area (Å²) in [6.07, 6.45) is 4.70. The zero-order chi connectivity index (χ0) is 18.1. The minimum Gasteiger partial charge on any atom is -0.366 e. The Balaban J connectivity index is 1.55. The smallest absolute Gasteiger partial charge is 0.244 e. The average Bonchev–Trinajstić information content (AvgIpc) is 3.12. The van der Waals surface area contributed by atoms with Crippen molar-refractivity contribution in [2.45, 2.75) is 36.4 Å². The Morgan fingerprint density at radius 1 is 1.19 bits per heavy atom. The number of aromatic nitrogens is 1. The van der Waals surface area contributed by atoms with E-state index in [1.165, 1.54) is 0 Å². The number of carbonyl (C=O) groups excluding carboxylic acids is 1. The summed E-state index contributed by atoms with van der Waals surface area (Å²) in [7, 11) is -3.60. The van der Waals surface area contributed by atoms with Crippen LogP contribution in [0.5, 0.6) is 0 Å². The van der Waals surface area contributed by atoms with Crippen LogP contribution < -0.4 is 10.0 Å². The van der Waals surface area contributed by atoms with E-state index in [9.17, 15) is 13.2 Å². The first-order valence-electron chi connectivity index (χ1n) is 8.61. The minimum atomic E-state index is -3.60. The number of carbonyl (C=O) groups is 1. The topological polar surface area (TPSA) is 91.4 Å². The highest BCUT2D eigenvalue weighted by molar-refractivity contribution is 7.89. The highest BCUT2D eigenvalue weighted by Gasteiger charge is 2.40. The van der Waals surface area contributed by atoms with Crippen LogP contribution in [0, 0.1) is 0 Å². The molecule has 2 atom stereocenters. The number of amides is 1. The molecule has 2 N–H and O–H groups in total. The van der Waals surface area contributed by atoms with Crippen LogP contribution in [-0.2, 0) is 21.2 Å². The number of sulfonamides is 1. The third kappa shape index (κ3) is 3.17. The molecule has 0 radical (unpaired) electrons. The minimum absolute atomic E-state index is 0.00134. The van der Waals surface area contributed by atoms with E-state index in [1.54, 1.807) is 41.6 Å². The quantitative estimate of drug-likeness (QED) is 0.849. The number of hydrogen-bond donors (Lipinski definition) is 2. The molecule has 0 saturated carbocycles. The van der Waals surface area contributed by atoms with E-state index < -0.39 is 16.2 Å². The molecule has 2 aromatic rings. The molecule has 1 amide bonds. The summed E-state index contributed by atoms with van der Waals surface area (Å²) in [5, 5.41) is 3.25. The van der Waals surface area contributed by atoms with Gasteiger partial charge in [0.25, 0.3) is 0 Å². The van der Waals surface area contributed by atoms with Crippen molar-refractivity contribution >= 4 is 21.6 Å². The van der Waals surface area contributed by atoms with Gasteiger partial charge >= 0.3 is 0 Å². The molecule has 26 heavy (non-hydrogen) atoms. The van der Waals surface area contributed by atoms with Crippen molar-refractivity contribution in [2.75, 3.05) is 11.9 Å². The predicted octanol–water partition coefficient (Wildman–Crippen LogP) is 1.35. The van der Waals surface area contributed by atoms with Crippen molar-refractivity contribution in [1.82, 2.24) is 14.6 Å². The first-order valence-corrected chi connectivity index (χ1v) is 10.1. The Morgan fingerprint density at radius 2 is 1.96 bits per heavy atom. The van der Waals surface area contributed by atoms with E-state index in [0.717, 1.165) is 18.4 Å². The van der Waals surface area contributed by atoms with E-state index in [0.29, 0.717) is 12.2 Å². The molecule has 2 aliphatic rings. The second-order valence-corrected chi connectivity index (χ2v) is 8.25. The molecule has 0 bridgehead atoms. The lowest BCUT2D eigenvalue weighted by atomic mass is 10.1. The number of pyridine rings is 1. The molecular formula is C18H20N4O3S. The molecule has 136 valence electrons. The largest absolute Gasteiger partial charge is 0.366 e. The first-order chi connectivity index (χ1) is 12.5. The molecule has 0 aliphatic carbocycles. The Labute approximate surface area is 152 Å². The van der Waals surface area contributed by atoms with Gasteiger partial charge in [-0.05, 0) is 42.7 Å². The van der Waals surface area contributed by atoms with Crippen LogP contribution in [0.3, 0.4) is 0 Å². The highest BCUT2D eigenvalue weighted by atomic mass is 32.2. The molecule has 1 aromatic heterocycles. The molecule has 1 fully saturated rings. The zero-order valence-electron chi connectivity index (χ0n) is 14.1. The standard InChI is InChI=1S/C18H20N4O3S/c23-17(12-13-7-9-19-10-8-13)22-11-3-5-15(22)18-20-14-4-1-2-6-16(14)26(24,25)21-18/h1-2,4,6-10,15,18,20-21H,3,5,11-12H2. The van der Waals surface area contributed by atoms with Crippen LogP contribution in [0.2, 0.25) is 0 Å². The lowest BCUT2D eigenvalue weighted by Crippen LogP contribution is -2.56. The van der Waals surface area contributed by atoms with Gasteiger partial charge in [-0.25, -0.2) is 8.42 Å². The predicted molar refractivity (Wildman–Crippen MR) is 96.9 cm³/mol. The maximum Gasteiger partial charge on any atom is 0.244 e. The maximum absolute atomic E-state index is 12.8. The van der Waals surface area contributed by atoms with Crippen LogP contribution >= 0.6 is 0 Å². The van der Waals surface area contributed by atoms with Gasteiger partial charge in [-0.2, -0.15) is 4.72 Å². The maximum atomic E-state index is 12.8. The van der Waals surface area contributed by atoms with Crippen LogP contribution in [0.25, 0.3) is 0 Å². The van der Waals surface area contributed by atoms with Crippen molar-refractivity contribution in [3.05, 3.63) is 54.4 Å². The van der Waals surface area contributed by atoms with Gasteiger partial charge in [-0.15, -0.1) is 0 Å². The molecule has 1 aromatic carbocycles. The summed E-state index contributed by atoms with van der Waals surface area (Å²) in [6, 6.07) is 10.2. The summed E-state index contributed by atoms with van der Waals surface area (Å²) >= 11 is 0. The summed E-state index contributed by atoms with van der Waals surface area (Å²) in [5.41, 5.74) is 1.47. The molecule has 2 unspecified atom stereocenters. The summed E-state index contributed by atoms with van der Waals surface area (Å²) in [6.45, 7) is 0.635. The Hall–Kier alpha value is -2.45. The average molecular weight is 372 g/mol. The van der Waals surface area contributed by atoms with Crippen molar-refractivity contribution in [1.29, 1.82) is 0 Å². The first kappa shape index (κ1) is 17.0. The third-order valence-electron chi connectivity index (χ3n) is 4.88. The molecule has 2 aliphatic heterocycles. The van der Waals surface area contributed by atoms with Gasteiger partial charge in [0.2, 0.25) is 15.9 Å². The molecule has 4 rings (SSSR count). The number of anilines is 1. The number of fused-ring (bicyclic) bond motifs is 1. The third-order valence-corrected chi connectivity index (χ3v) is 6.38. The molecule has 3 heterocycles. The van der Waals surface area contributed by atoms with Gasteiger partial charge in [0.15, 0.2) is 0 Å². The molecule has 0 spiro atoms. The van der Waals surface area contributed by atoms with Crippen molar-refractivity contribution in [3.63, 3.8) is 0 Å². The number of benzene rings is 1. The van der Waals surface area contributed by atoms with Gasteiger partial charge < -0.3 is 10.2 Å². The summed E-state index contributed by atoms with van der Waals surface area (Å²) in [5.74, 6) is -0.00134. The Bertz CT molecular complexity index is 917. The fraction of sp³-hybridized carbons (Fsp3) is 0.333. The number of nitrogens with one attached hydrogen (secondary N) is 2. The lowest BCUT2D eigenvalue weighted by Gasteiger charge is -2.36. The van der Waals surface area contributed by atoms with E-state index in [4.69, 9.17) is 0 Å². The summed E-state index contributed by atoms with van der Waals surface area (Å²) < 4.78 is 27.8. The van der Waals surface area contributed by atoms with Gasteiger partial charge in [0.05, 0.1) is 18.2 Å². The normalized spacial score (nSPS) is 23.9. The van der Waals surface area contributed by atoms with Gasteiger partial charge in [0.1, 0.15) is 11.1 Å². The van der Waals surface area contributed by atoms with Crippen molar-refractivity contribution in [3.8, 4) is 0 Å². The van der Waals surface area contributed by atoms with Gasteiger partial charge in [-0.1, -0.05) is 12.1 Å². The molecule has 8 heteroatoms. The fourth-order valence-corrected chi connectivity index (χ4v) is 5.00. The van der Waals surface area contributed by atoms with E-state index in [2.05, 4.69) is 15.0 Å². The Kier molecular flexibility index (Phi) is 4.37. The number of para-hydroxylation sites is 1. The van der Waals surface area contributed by atoms with Crippen molar-refractivity contribution in [2.24, 2.45) is 0 Å². The van der Waals surface area contributed by atoms with E-state index in [1.807, 2.05) is 12.1 Å².